The normalized spacial score (nSPS) is 20.0. The Morgan fingerprint density at radius 3 is 2.21 bits per heavy atom. The molecular formula is C19H29N3O2. The van der Waals surface area contributed by atoms with Gasteiger partial charge in [-0.3, -0.25) is 9.80 Å². The van der Waals surface area contributed by atoms with Crippen LogP contribution in [0.5, 0.6) is 0 Å². The summed E-state index contributed by atoms with van der Waals surface area (Å²) in [4.78, 5) is 18.2. The van der Waals surface area contributed by atoms with Crippen LogP contribution in [-0.2, 0) is 11.3 Å². The lowest BCUT2D eigenvalue weighted by Crippen LogP contribution is -2.48. The Kier molecular flexibility index (Phi) is 5.74. The van der Waals surface area contributed by atoms with Crippen LogP contribution in [0.3, 0.4) is 0 Å². The van der Waals surface area contributed by atoms with Crippen molar-refractivity contribution in [1.82, 2.24) is 14.7 Å². The largest absolute Gasteiger partial charge is 0.448 e. The van der Waals surface area contributed by atoms with Gasteiger partial charge in [-0.15, -0.1) is 0 Å². The molecule has 2 heterocycles. The molecule has 1 aromatic carbocycles. The maximum atomic E-state index is 11.4. The highest BCUT2D eigenvalue weighted by atomic mass is 16.6. The number of hydrogen-bond acceptors (Lipinski definition) is 4. The topological polar surface area (TPSA) is 36.0 Å². The minimum atomic E-state index is -0.154. The van der Waals surface area contributed by atoms with E-state index in [1.54, 1.807) is 0 Å². The van der Waals surface area contributed by atoms with Crippen molar-refractivity contribution in [3.05, 3.63) is 35.4 Å². The second-order valence-corrected chi connectivity index (χ2v) is 7.12. The summed E-state index contributed by atoms with van der Waals surface area (Å²) in [6.45, 7) is 12.9. The van der Waals surface area contributed by atoms with Crippen LogP contribution < -0.4 is 0 Å². The summed E-state index contributed by atoms with van der Waals surface area (Å²) in [5, 5.41) is 0. The summed E-state index contributed by atoms with van der Waals surface area (Å²) in [5.41, 5.74) is 2.80. The molecular weight excluding hydrogens is 302 g/mol. The number of hydrogen-bond donors (Lipinski definition) is 0. The molecule has 0 aromatic heterocycles. The fourth-order valence-corrected chi connectivity index (χ4v) is 3.33. The van der Waals surface area contributed by atoms with E-state index in [1.165, 1.54) is 11.1 Å². The fraction of sp³-hybridized carbons (Fsp3) is 0.632. The Balaban J connectivity index is 1.39. The molecule has 3 rings (SSSR count). The molecule has 0 unspecified atom stereocenters. The maximum Gasteiger partial charge on any atom is 0.409 e. The van der Waals surface area contributed by atoms with Crippen LogP contribution in [0, 0.1) is 0 Å². The third-order valence-electron chi connectivity index (χ3n) is 5.05. The van der Waals surface area contributed by atoms with Crippen LogP contribution >= 0.6 is 0 Å². The molecule has 2 aliphatic heterocycles. The Hall–Kier alpha value is -1.59. The van der Waals surface area contributed by atoms with Gasteiger partial charge >= 0.3 is 6.09 Å². The fourth-order valence-electron chi connectivity index (χ4n) is 3.33. The van der Waals surface area contributed by atoms with E-state index >= 15 is 0 Å². The van der Waals surface area contributed by atoms with Crippen molar-refractivity contribution in [3.8, 4) is 0 Å². The molecule has 0 aliphatic carbocycles. The van der Waals surface area contributed by atoms with Gasteiger partial charge in [0.15, 0.2) is 0 Å². The predicted molar refractivity (Wildman–Crippen MR) is 95.2 cm³/mol. The van der Waals surface area contributed by atoms with Gasteiger partial charge in [0.2, 0.25) is 0 Å². The van der Waals surface area contributed by atoms with E-state index in [0.29, 0.717) is 12.5 Å². The highest BCUT2D eigenvalue weighted by Crippen LogP contribution is 2.16. The summed E-state index contributed by atoms with van der Waals surface area (Å²) >= 11 is 0. The Morgan fingerprint density at radius 2 is 1.62 bits per heavy atom. The van der Waals surface area contributed by atoms with E-state index in [-0.39, 0.29) is 6.09 Å². The maximum absolute atomic E-state index is 11.4. The summed E-state index contributed by atoms with van der Waals surface area (Å²) in [6.07, 6.45) is -0.154. The number of piperazine rings is 1. The van der Waals surface area contributed by atoms with Crippen molar-refractivity contribution >= 4 is 6.09 Å². The first-order chi connectivity index (χ1) is 11.6. The van der Waals surface area contributed by atoms with E-state index in [0.717, 1.165) is 52.4 Å². The molecule has 2 saturated heterocycles. The zero-order valence-electron chi connectivity index (χ0n) is 14.9. The van der Waals surface area contributed by atoms with Gasteiger partial charge in [0.05, 0.1) is 6.54 Å². The van der Waals surface area contributed by atoms with E-state index in [9.17, 15) is 4.79 Å². The molecule has 0 bridgehead atoms. The average Bonchev–Trinajstić information content (AvgIpc) is 3.00. The van der Waals surface area contributed by atoms with Crippen molar-refractivity contribution in [1.29, 1.82) is 0 Å². The van der Waals surface area contributed by atoms with E-state index in [4.69, 9.17) is 4.74 Å². The Morgan fingerprint density at radius 1 is 0.958 bits per heavy atom. The average molecular weight is 331 g/mol. The van der Waals surface area contributed by atoms with Gasteiger partial charge in [-0.05, 0) is 17.0 Å². The number of rotatable bonds is 6. The number of ether oxygens (including phenoxy) is 1. The Labute approximate surface area is 145 Å². The van der Waals surface area contributed by atoms with Gasteiger partial charge in [-0.2, -0.15) is 0 Å². The van der Waals surface area contributed by atoms with Crippen LogP contribution in [0.25, 0.3) is 0 Å². The standard InChI is InChI=1S/C19H29N3O2/c1-16(2)18-5-3-17(4-6-18)15-21-9-7-20(8-10-21)11-12-22-13-14-24-19(22)23/h3-6,16H,7-15H2,1-2H3. The third kappa shape index (κ3) is 4.48. The molecule has 0 spiro atoms. The summed E-state index contributed by atoms with van der Waals surface area (Å²) in [5.74, 6) is 0.593. The lowest BCUT2D eigenvalue weighted by Gasteiger charge is -2.35. The number of benzene rings is 1. The molecule has 0 saturated carbocycles. The Bertz CT molecular complexity index is 536. The van der Waals surface area contributed by atoms with E-state index in [1.807, 2.05) is 4.90 Å². The molecule has 2 aliphatic rings. The summed E-state index contributed by atoms with van der Waals surface area (Å²) in [7, 11) is 0. The number of nitrogens with zero attached hydrogens (tertiary/aromatic N) is 3. The summed E-state index contributed by atoms with van der Waals surface area (Å²) < 4.78 is 4.97. The first-order valence-electron chi connectivity index (χ1n) is 9.07. The van der Waals surface area contributed by atoms with Crippen molar-refractivity contribution in [2.45, 2.75) is 26.3 Å². The third-order valence-corrected chi connectivity index (χ3v) is 5.05. The molecule has 1 amide bonds. The van der Waals surface area contributed by atoms with Crippen LogP contribution in [-0.4, -0.2) is 73.2 Å². The molecule has 5 heteroatoms. The predicted octanol–water partition coefficient (Wildman–Crippen LogP) is 2.38. The van der Waals surface area contributed by atoms with Crippen molar-refractivity contribution in [3.63, 3.8) is 0 Å². The molecule has 132 valence electrons. The van der Waals surface area contributed by atoms with Gasteiger partial charge in [-0.25, -0.2) is 4.79 Å². The monoisotopic (exact) mass is 331 g/mol. The molecule has 5 nitrogen and oxygen atoms in total. The van der Waals surface area contributed by atoms with Crippen molar-refractivity contribution in [2.75, 3.05) is 52.4 Å². The van der Waals surface area contributed by atoms with E-state index in [2.05, 4.69) is 47.9 Å². The highest BCUT2D eigenvalue weighted by Gasteiger charge is 2.23. The van der Waals surface area contributed by atoms with Crippen molar-refractivity contribution < 1.29 is 9.53 Å². The zero-order chi connectivity index (χ0) is 16.9. The second kappa shape index (κ2) is 7.99. The second-order valence-electron chi connectivity index (χ2n) is 7.12. The quantitative estimate of drug-likeness (QED) is 0.802. The highest BCUT2D eigenvalue weighted by molar-refractivity contribution is 5.69. The van der Waals surface area contributed by atoms with Gasteiger partial charge < -0.3 is 9.64 Å². The SMILES string of the molecule is CC(C)c1ccc(CN2CCN(CCN3CCOC3=O)CC2)cc1. The first kappa shape index (κ1) is 17.2. The van der Waals surface area contributed by atoms with Crippen LogP contribution in [0.15, 0.2) is 24.3 Å². The van der Waals surface area contributed by atoms with Gasteiger partial charge in [0.1, 0.15) is 6.61 Å². The molecule has 2 fully saturated rings. The molecule has 24 heavy (non-hydrogen) atoms. The lowest BCUT2D eigenvalue weighted by atomic mass is 10.0. The minimum absolute atomic E-state index is 0.154. The molecule has 0 N–H and O–H groups in total. The molecule has 0 atom stereocenters. The number of amides is 1. The lowest BCUT2D eigenvalue weighted by molar-refractivity contribution is 0.116. The molecule has 0 radical (unpaired) electrons. The number of cyclic esters (lactones) is 1. The smallest absolute Gasteiger partial charge is 0.409 e. The van der Waals surface area contributed by atoms with Gasteiger partial charge in [-0.1, -0.05) is 38.1 Å². The van der Waals surface area contributed by atoms with Crippen LogP contribution in [0.4, 0.5) is 4.79 Å². The summed E-state index contributed by atoms with van der Waals surface area (Å²) in [6, 6.07) is 9.04. The van der Waals surface area contributed by atoms with Gasteiger partial charge in [0.25, 0.3) is 0 Å². The van der Waals surface area contributed by atoms with Crippen molar-refractivity contribution in [2.24, 2.45) is 0 Å². The first-order valence-corrected chi connectivity index (χ1v) is 9.07. The zero-order valence-corrected chi connectivity index (χ0v) is 14.9. The van der Waals surface area contributed by atoms with Crippen LogP contribution in [0.1, 0.15) is 30.9 Å². The molecule has 1 aromatic rings. The minimum Gasteiger partial charge on any atom is -0.448 e. The van der Waals surface area contributed by atoms with Crippen LogP contribution in [0.2, 0.25) is 0 Å². The number of carbonyl (C=O) groups excluding carboxylic acids is 1. The van der Waals surface area contributed by atoms with E-state index < -0.39 is 0 Å². The number of carbonyl (C=O) groups is 1. The van der Waals surface area contributed by atoms with Gasteiger partial charge in [0, 0.05) is 45.8 Å².